The van der Waals surface area contributed by atoms with Gasteiger partial charge in [0.15, 0.2) is 0 Å². The van der Waals surface area contributed by atoms with Crippen molar-refractivity contribution >= 4 is 0 Å². The summed E-state index contributed by atoms with van der Waals surface area (Å²) in [6.07, 6.45) is 5.87. The van der Waals surface area contributed by atoms with Crippen molar-refractivity contribution < 1.29 is 9.26 Å². The number of fused-ring (bicyclic) bond motifs is 1. The van der Waals surface area contributed by atoms with Crippen LogP contribution in [0.1, 0.15) is 22.7 Å². The van der Waals surface area contributed by atoms with Gasteiger partial charge in [0.25, 0.3) is 0 Å². The minimum atomic E-state index is 0.113. The third-order valence-corrected chi connectivity index (χ3v) is 4.44. The van der Waals surface area contributed by atoms with Crippen LogP contribution in [-0.4, -0.2) is 32.3 Å². The number of hydrogen-bond acceptors (Lipinski definition) is 5. The Morgan fingerprint density at radius 1 is 1.28 bits per heavy atom. The van der Waals surface area contributed by atoms with E-state index in [-0.39, 0.29) is 6.10 Å². The standard InChI is InChI=1S/C19H22N4O2/c1-15-8-17(21-25-15)10-22-11-18-5-3-7-23(18)13-19(12-22)24-14-16-4-2-6-20-9-16/h2-9,19H,10-14H2,1H3/t19-/m0/s1. The average molecular weight is 338 g/mol. The van der Waals surface area contributed by atoms with E-state index >= 15 is 0 Å². The van der Waals surface area contributed by atoms with E-state index in [0.29, 0.717) is 6.61 Å². The van der Waals surface area contributed by atoms with Crippen molar-refractivity contribution in [1.29, 1.82) is 0 Å². The lowest BCUT2D eigenvalue weighted by molar-refractivity contribution is 0.00823. The van der Waals surface area contributed by atoms with Crippen LogP contribution in [0.25, 0.3) is 0 Å². The highest BCUT2D eigenvalue weighted by molar-refractivity contribution is 5.11. The van der Waals surface area contributed by atoms with Crippen LogP contribution in [0.4, 0.5) is 0 Å². The molecule has 0 spiro atoms. The van der Waals surface area contributed by atoms with Gasteiger partial charge in [0.05, 0.1) is 18.4 Å². The molecule has 1 atom stereocenters. The van der Waals surface area contributed by atoms with Crippen LogP contribution in [0.5, 0.6) is 0 Å². The van der Waals surface area contributed by atoms with Crippen molar-refractivity contribution in [2.45, 2.75) is 39.3 Å². The molecule has 0 aromatic carbocycles. The molecular formula is C19H22N4O2. The molecule has 4 heterocycles. The van der Waals surface area contributed by atoms with E-state index in [1.54, 1.807) is 6.20 Å². The molecule has 6 nitrogen and oxygen atoms in total. The van der Waals surface area contributed by atoms with E-state index in [0.717, 1.165) is 43.2 Å². The van der Waals surface area contributed by atoms with Gasteiger partial charge in [-0.3, -0.25) is 9.88 Å². The van der Waals surface area contributed by atoms with E-state index in [2.05, 4.69) is 37.9 Å². The highest BCUT2D eigenvalue weighted by atomic mass is 16.5. The zero-order valence-electron chi connectivity index (χ0n) is 14.3. The first-order chi connectivity index (χ1) is 12.3. The summed E-state index contributed by atoms with van der Waals surface area (Å²) in [6, 6.07) is 10.2. The topological polar surface area (TPSA) is 56.3 Å². The molecule has 0 bridgehead atoms. The molecule has 0 unspecified atom stereocenters. The van der Waals surface area contributed by atoms with Crippen molar-refractivity contribution in [2.75, 3.05) is 6.54 Å². The molecule has 0 amide bonds. The first-order valence-corrected chi connectivity index (χ1v) is 8.55. The molecule has 3 aromatic heterocycles. The fraction of sp³-hybridized carbons (Fsp3) is 0.368. The molecule has 0 saturated carbocycles. The monoisotopic (exact) mass is 338 g/mol. The van der Waals surface area contributed by atoms with Gasteiger partial charge in [0, 0.05) is 56.5 Å². The Labute approximate surface area is 147 Å². The van der Waals surface area contributed by atoms with Crippen molar-refractivity contribution in [3.8, 4) is 0 Å². The van der Waals surface area contributed by atoms with Crippen LogP contribution in [0.15, 0.2) is 53.4 Å². The van der Waals surface area contributed by atoms with Crippen molar-refractivity contribution in [3.63, 3.8) is 0 Å². The molecule has 0 fully saturated rings. The van der Waals surface area contributed by atoms with E-state index < -0.39 is 0 Å². The molecular weight excluding hydrogens is 316 g/mol. The maximum Gasteiger partial charge on any atom is 0.133 e. The summed E-state index contributed by atoms with van der Waals surface area (Å²) in [6.45, 7) is 5.85. The molecule has 6 heteroatoms. The second kappa shape index (κ2) is 7.21. The minimum Gasteiger partial charge on any atom is -0.370 e. The van der Waals surface area contributed by atoms with Gasteiger partial charge in [0.1, 0.15) is 5.76 Å². The Bertz CT molecular complexity index is 812. The Morgan fingerprint density at radius 3 is 3.04 bits per heavy atom. The Kier molecular flexibility index (Phi) is 4.63. The fourth-order valence-electron chi connectivity index (χ4n) is 3.27. The van der Waals surface area contributed by atoms with Crippen LogP contribution in [0, 0.1) is 6.92 Å². The Hall–Kier alpha value is -2.44. The van der Waals surface area contributed by atoms with E-state index in [1.165, 1.54) is 5.69 Å². The SMILES string of the molecule is Cc1cc(CN2Cc3cccn3C[C@@H](OCc3cccnc3)C2)no1. The van der Waals surface area contributed by atoms with Gasteiger partial charge in [0.2, 0.25) is 0 Å². The summed E-state index contributed by atoms with van der Waals surface area (Å²) in [5.41, 5.74) is 3.36. The number of hydrogen-bond donors (Lipinski definition) is 0. The normalized spacial score (nSPS) is 18.0. The maximum atomic E-state index is 6.20. The maximum absolute atomic E-state index is 6.20. The largest absolute Gasteiger partial charge is 0.370 e. The summed E-state index contributed by atoms with van der Waals surface area (Å²) >= 11 is 0. The number of aromatic nitrogens is 3. The lowest BCUT2D eigenvalue weighted by atomic mass is 10.2. The van der Waals surface area contributed by atoms with E-state index in [1.807, 2.05) is 31.3 Å². The van der Waals surface area contributed by atoms with Gasteiger partial charge in [-0.1, -0.05) is 11.2 Å². The fourth-order valence-corrected chi connectivity index (χ4v) is 3.27. The lowest BCUT2D eigenvalue weighted by Crippen LogP contribution is -2.32. The summed E-state index contributed by atoms with van der Waals surface area (Å²) in [7, 11) is 0. The minimum absolute atomic E-state index is 0.113. The third kappa shape index (κ3) is 3.97. The Morgan fingerprint density at radius 2 is 2.24 bits per heavy atom. The quantitative estimate of drug-likeness (QED) is 0.716. The number of ether oxygens (including phenoxy) is 1. The molecule has 0 N–H and O–H groups in total. The third-order valence-electron chi connectivity index (χ3n) is 4.44. The predicted molar refractivity (Wildman–Crippen MR) is 92.6 cm³/mol. The van der Waals surface area contributed by atoms with Crippen molar-refractivity contribution in [2.24, 2.45) is 0 Å². The van der Waals surface area contributed by atoms with Gasteiger partial charge >= 0.3 is 0 Å². The van der Waals surface area contributed by atoms with Gasteiger partial charge in [-0.05, 0) is 30.7 Å². The molecule has 0 radical (unpaired) electrons. The summed E-state index contributed by atoms with van der Waals surface area (Å²) in [4.78, 5) is 6.52. The Balaban J connectivity index is 1.47. The molecule has 4 rings (SSSR count). The van der Waals surface area contributed by atoms with Crippen molar-refractivity contribution in [1.82, 2.24) is 19.6 Å². The molecule has 1 aliphatic rings. The first-order valence-electron chi connectivity index (χ1n) is 8.55. The highest BCUT2D eigenvalue weighted by Gasteiger charge is 2.23. The van der Waals surface area contributed by atoms with Gasteiger partial charge in [-0.2, -0.15) is 0 Å². The zero-order valence-corrected chi connectivity index (χ0v) is 14.3. The van der Waals surface area contributed by atoms with Crippen molar-refractivity contribution in [3.05, 3.63) is 71.6 Å². The van der Waals surface area contributed by atoms with Gasteiger partial charge in [-0.25, -0.2) is 0 Å². The smallest absolute Gasteiger partial charge is 0.133 e. The predicted octanol–water partition coefficient (Wildman–Crippen LogP) is 2.78. The number of rotatable bonds is 5. The second-order valence-electron chi connectivity index (χ2n) is 6.54. The number of nitrogens with zero attached hydrogens (tertiary/aromatic N) is 4. The van der Waals surface area contributed by atoms with E-state index in [4.69, 9.17) is 9.26 Å². The molecule has 0 saturated heterocycles. The first kappa shape index (κ1) is 16.1. The van der Waals surface area contributed by atoms with Gasteiger partial charge < -0.3 is 13.8 Å². The molecule has 3 aromatic rings. The van der Waals surface area contributed by atoms with Crippen LogP contribution >= 0.6 is 0 Å². The number of aryl methyl sites for hydroxylation is 1. The van der Waals surface area contributed by atoms with Crippen LogP contribution in [0.2, 0.25) is 0 Å². The number of pyridine rings is 1. The summed E-state index contributed by atoms with van der Waals surface area (Å²) in [5, 5.41) is 4.13. The van der Waals surface area contributed by atoms with Gasteiger partial charge in [-0.15, -0.1) is 0 Å². The molecule has 25 heavy (non-hydrogen) atoms. The van der Waals surface area contributed by atoms with Crippen LogP contribution in [0.3, 0.4) is 0 Å². The summed E-state index contributed by atoms with van der Waals surface area (Å²) in [5.74, 6) is 0.845. The molecule has 0 aliphatic carbocycles. The van der Waals surface area contributed by atoms with E-state index in [9.17, 15) is 0 Å². The average Bonchev–Trinajstić information content (AvgIpc) is 3.19. The zero-order chi connectivity index (χ0) is 17.1. The molecule has 1 aliphatic heterocycles. The van der Waals surface area contributed by atoms with Crippen LogP contribution in [-0.2, 0) is 31.0 Å². The second-order valence-corrected chi connectivity index (χ2v) is 6.54. The summed E-state index contributed by atoms with van der Waals surface area (Å²) < 4.78 is 13.7. The van der Waals surface area contributed by atoms with Crippen LogP contribution < -0.4 is 0 Å². The lowest BCUT2D eigenvalue weighted by Gasteiger charge is -2.23. The molecule has 130 valence electrons. The highest BCUT2D eigenvalue weighted by Crippen LogP contribution is 2.18.